The van der Waals surface area contributed by atoms with Gasteiger partial charge in [0.2, 0.25) is 5.91 Å². The lowest BCUT2D eigenvalue weighted by molar-refractivity contribution is -0.626. The lowest BCUT2D eigenvalue weighted by Gasteiger charge is -3.09. The van der Waals surface area contributed by atoms with Gasteiger partial charge in [0.1, 0.15) is 0 Å². The van der Waals surface area contributed by atoms with Crippen molar-refractivity contribution in [2.75, 3.05) is 7.11 Å². The van der Waals surface area contributed by atoms with Gasteiger partial charge in [-0.3, -0.25) is 14.6 Å². The highest BCUT2D eigenvalue weighted by Crippen LogP contribution is 3.10. The molecule has 0 radical (unpaired) electrons. The summed E-state index contributed by atoms with van der Waals surface area (Å²) in [4.78, 5) is 32.9. The molecule has 23 heavy (non-hydrogen) atoms. The highest BCUT2D eigenvalue weighted by atomic mass is 35.5. The van der Waals surface area contributed by atoms with Crippen LogP contribution in [-0.4, -0.2) is 29.0 Å². The van der Waals surface area contributed by atoms with E-state index >= 15 is 0 Å². The number of carbonyl (C=O) groups excluding carboxylic acids is 2. The van der Waals surface area contributed by atoms with Gasteiger partial charge in [-0.2, -0.15) is 0 Å². The molecule has 6 nitrogen and oxygen atoms in total. The zero-order valence-electron chi connectivity index (χ0n) is 12.3. The molecule has 6 aliphatic rings. The molecule has 0 atom stereocenters. The zero-order valence-corrected chi connectivity index (χ0v) is 13.1. The number of hydrogen-bond donors (Lipinski definition) is 1. The fourth-order valence-corrected chi connectivity index (χ4v) is 7.52. The summed E-state index contributed by atoms with van der Waals surface area (Å²) < 4.78 is 5.00. The van der Waals surface area contributed by atoms with Crippen molar-refractivity contribution < 1.29 is 14.3 Å². The molecule has 7 rings (SSSR count). The Labute approximate surface area is 137 Å². The van der Waals surface area contributed by atoms with Crippen LogP contribution < -0.4 is 5.32 Å². The summed E-state index contributed by atoms with van der Waals surface area (Å²) in [6.45, 7) is 0.307. The molecule has 1 aromatic rings. The third kappa shape index (κ3) is 0.873. The Kier molecular flexibility index (Phi) is 1.87. The molecule has 0 bridgehead atoms. The van der Waals surface area contributed by atoms with E-state index in [1.54, 1.807) is 6.20 Å². The van der Waals surface area contributed by atoms with Crippen LogP contribution in [0.15, 0.2) is 12.4 Å². The molecular formula is C16H14ClN3O3. The predicted octanol–water partition coefficient (Wildman–Crippen LogP) is 0.657. The highest BCUT2D eigenvalue weighted by Gasteiger charge is 3.13. The molecule has 118 valence electrons. The van der Waals surface area contributed by atoms with E-state index in [0.717, 1.165) is 0 Å². The molecule has 0 aromatic carbocycles. The van der Waals surface area contributed by atoms with E-state index in [9.17, 15) is 9.59 Å². The number of rotatable bonds is 4. The van der Waals surface area contributed by atoms with Crippen molar-refractivity contribution in [3.05, 3.63) is 23.2 Å². The van der Waals surface area contributed by atoms with Gasteiger partial charge < -0.3 is 10.1 Å². The number of nitrogens with one attached hydrogen (secondary N) is 1. The first kappa shape index (κ1) is 12.7. The summed E-state index contributed by atoms with van der Waals surface area (Å²) in [5.41, 5.74) is 0.209. The fourth-order valence-electron chi connectivity index (χ4n) is 7.35. The Bertz CT molecular complexity index is 756. The van der Waals surface area contributed by atoms with Crippen LogP contribution in [0.5, 0.6) is 0 Å². The Morgan fingerprint density at radius 1 is 1.13 bits per heavy atom. The van der Waals surface area contributed by atoms with Crippen molar-refractivity contribution in [2.45, 2.75) is 6.54 Å². The topological polar surface area (TPSA) is 81.2 Å². The van der Waals surface area contributed by atoms with E-state index in [-0.39, 0.29) is 22.7 Å². The number of ether oxygens (including phenoxy) is 1. The average Bonchev–Trinajstić information content (AvgIpc) is 2.59. The molecule has 6 aliphatic carbocycles. The second-order valence-electron chi connectivity index (χ2n) is 7.49. The number of nitrogens with zero attached hydrogens (tertiary/aromatic N) is 2. The number of carbonyl (C=O) groups is 2. The van der Waals surface area contributed by atoms with Gasteiger partial charge >= 0.3 is 5.97 Å². The van der Waals surface area contributed by atoms with Crippen molar-refractivity contribution in [3.63, 3.8) is 0 Å². The van der Waals surface area contributed by atoms with E-state index in [1.807, 2.05) is 0 Å². The summed E-state index contributed by atoms with van der Waals surface area (Å²) in [6.07, 6.45) is 3.09. The average molecular weight is 332 g/mol. The first-order chi connectivity index (χ1) is 11.1. The van der Waals surface area contributed by atoms with Gasteiger partial charge in [-0.1, -0.05) is 11.6 Å². The highest BCUT2D eigenvalue weighted by molar-refractivity contribution is 6.30. The van der Waals surface area contributed by atoms with Crippen LogP contribution in [0.1, 0.15) is 5.69 Å². The maximum Gasteiger partial charge on any atom is 0.312 e. The number of amides is 1. The fraction of sp³-hybridized carbons (Fsp3) is 0.625. The lowest BCUT2D eigenvalue weighted by Crippen LogP contribution is -3.12. The van der Waals surface area contributed by atoms with Gasteiger partial charge in [0.15, 0.2) is 5.15 Å². The first-order valence-electron chi connectivity index (χ1n) is 7.95. The molecule has 1 N–H and O–H groups in total. The van der Waals surface area contributed by atoms with Crippen LogP contribution in [0, 0.1) is 46.3 Å². The molecular weight excluding hydrogens is 318 g/mol. The largest absolute Gasteiger partial charge is 0.469 e. The molecule has 6 fully saturated rings. The smallest absolute Gasteiger partial charge is 0.312 e. The summed E-state index contributed by atoms with van der Waals surface area (Å²) in [5.74, 6) is 2.49. The molecule has 0 saturated heterocycles. The number of methoxy groups -OCH3 is 1. The Morgan fingerprint density at radius 2 is 1.70 bits per heavy atom. The summed E-state index contributed by atoms with van der Waals surface area (Å²) in [5, 5.41) is 3.32. The maximum atomic E-state index is 12.7. The van der Waals surface area contributed by atoms with E-state index in [0.29, 0.717) is 52.9 Å². The van der Waals surface area contributed by atoms with Crippen molar-refractivity contribution in [1.29, 1.82) is 0 Å². The Morgan fingerprint density at radius 3 is 2.26 bits per heavy atom. The molecule has 0 unspecified atom stereocenters. The standard InChI is InChI=1S/C16H14ClN3O3/c1-23-14(22)16-9-6-10(16)8-11(16)7(9)15(6,8)13(21)20-4-5-12(17)19-3-2-18-5/h2-3,6-11H,4H2,1H3,(H,20,21). The minimum absolute atomic E-state index is 0.0405. The zero-order chi connectivity index (χ0) is 15.7. The van der Waals surface area contributed by atoms with Gasteiger partial charge in [0, 0.05) is 12.4 Å². The van der Waals surface area contributed by atoms with E-state index in [1.165, 1.54) is 13.3 Å². The number of hydrogen-bond acceptors (Lipinski definition) is 5. The van der Waals surface area contributed by atoms with Gasteiger partial charge in [-0.05, 0) is 35.5 Å². The van der Waals surface area contributed by atoms with Crippen LogP contribution in [0.2, 0.25) is 5.15 Å². The molecule has 1 heterocycles. The van der Waals surface area contributed by atoms with Gasteiger partial charge in [-0.15, -0.1) is 0 Å². The van der Waals surface area contributed by atoms with Crippen LogP contribution in [-0.2, 0) is 20.9 Å². The van der Waals surface area contributed by atoms with Crippen LogP contribution in [0.3, 0.4) is 0 Å². The maximum absolute atomic E-state index is 12.7. The Balaban J connectivity index is 1.19. The quantitative estimate of drug-likeness (QED) is 0.820. The molecule has 1 amide bonds. The third-order valence-corrected chi connectivity index (χ3v) is 8.02. The van der Waals surface area contributed by atoms with Crippen LogP contribution in [0.25, 0.3) is 0 Å². The summed E-state index contributed by atoms with van der Waals surface area (Å²) in [7, 11) is 1.47. The van der Waals surface area contributed by atoms with Crippen molar-refractivity contribution in [2.24, 2.45) is 46.3 Å². The second-order valence-corrected chi connectivity index (χ2v) is 7.85. The predicted molar refractivity (Wildman–Crippen MR) is 76.7 cm³/mol. The molecule has 1 aromatic heterocycles. The molecule has 0 aliphatic heterocycles. The third-order valence-electron chi connectivity index (χ3n) is 7.70. The summed E-state index contributed by atoms with van der Waals surface area (Å²) >= 11 is 5.98. The number of halogens is 1. The minimum Gasteiger partial charge on any atom is -0.469 e. The van der Waals surface area contributed by atoms with E-state index in [4.69, 9.17) is 16.3 Å². The Hall–Kier alpha value is -1.69. The first-order valence-corrected chi connectivity index (χ1v) is 8.32. The van der Waals surface area contributed by atoms with E-state index < -0.39 is 0 Å². The van der Waals surface area contributed by atoms with Crippen LogP contribution in [0.4, 0.5) is 0 Å². The van der Waals surface area contributed by atoms with Gasteiger partial charge in [-0.25, -0.2) is 4.98 Å². The SMILES string of the molecule is COC(=O)C12C3C4C1C1C2C3C41C(=O)NCc1nccnc1Cl. The molecule has 6 saturated carbocycles. The monoisotopic (exact) mass is 331 g/mol. The number of esters is 1. The van der Waals surface area contributed by atoms with E-state index in [2.05, 4.69) is 15.3 Å². The van der Waals surface area contributed by atoms with Gasteiger partial charge in [0.25, 0.3) is 0 Å². The normalized spacial score (nSPS) is 51.0. The minimum atomic E-state index is -0.190. The van der Waals surface area contributed by atoms with Crippen LogP contribution >= 0.6 is 11.6 Å². The van der Waals surface area contributed by atoms with Crippen molar-refractivity contribution in [3.8, 4) is 0 Å². The molecule has 7 heteroatoms. The summed E-state index contributed by atoms with van der Waals surface area (Å²) in [6, 6.07) is 0. The second kappa shape index (κ2) is 3.38. The van der Waals surface area contributed by atoms with Gasteiger partial charge in [0.05, 0.1) is 30.2 Å². The van der Waals surface area contributed by atoms with Crippen molar-refractivity contribution >= 4 is 23.5 Å². The number of aromatic nitrogens is 2. The lowest BCUT2D eigenvalue weighted by atomic mass is 8.92. The van der Waals surface area contributed by atoms with Crippen molar-refractivity contribution in [1.82, 2.24) is 15.3 Å². The molecule has 0 spiro atoms.